The summed E-state index contributed by atoms with van der Waals surface area (Å²) in [6.07, 6.45) is 7.75. The van der Waals surface area contributed by atoms with Crippen LogP contribution < -0.4 is 4.74 Å². The predicted molar refractivity (Wildman–Crippen MR) is 72.9 cm³/mol. The van der Waals surface area contributed by atoms with Crippen molar-refractivity contribution in [3.05, 3.63) is 29.8 Å². The lowest BCUT2D eigenvalue weighted by Gasteiger charge is -2.12. The molecule has 1 aromatic rings. The largest absolute Gasteiger partial charge is 0.497 e. The molecule has 1 saturated carbocycles. The smallest absolute Gasteiger partial charge is 0.140 e. The summed E-state index contributed by atoms with van der Waals surface area (Å²) in [5.74, 6) is 1.53. The van der Waals surface area contributed by atoms with Crippen molar-refractivity contribution in [1.82, 2.24) is 0 Å². The zero-order valence-corrected chi connectivity index (χ0v) is 11.2. The molecule has 2 heteroatoms. The molecule has 98 valence electrons. The molecule has 0 bridgehead atoms. The molecular weight excluding hydrogens is 224 g/mol. The van der Waals surface area contributed by atoms with Gasteiger partial charge in [-0.1, -0.05) is 37.8 Å². The summed E-state index contributed by atoms with van der Waals surface area (Å²) in [5.41, 5.74) is 1.07. The highest BCUT2D eigenvalue weighted by Crippen LogP contribution is 2.25. The van der Waals surface area contributed by atoms with E-state index in [0.717, 1.165) is 24.2 Å². The molecule has 0 heterocycles. The summed E-state index contributed by atoms with van der Waals surface area (Å²) >= 11 is 0. The average molecular weight is 246 g/mol. The molecule has 0 amide bonds. The fourth-order valence-corrected chi connectivity index (χ4v) is 2.73. The zero-order valence-electron chi connectivity index (χ0n) is 11.2. The zero-order chi connectivity index (χ0) is 12.8. The Morgan fingerprint density at radius 2 is 1.94 bits per heavy atom. The van der Waals surface area contributed by atoms with Gasteiger partial charge in [-0.05, 0) is 30.5 Å². The summed E-state index contributed by atoms with van der Waals surface area (Å²) < 4.78 is 5.19. The molecule has 0 aliphatic heterocycles. The van der Waals surface area contributed by atoms with Crippen LogP contribution >= 0.6 is 0 Å². The highest BCUT2D eigenvalue weighted by Gasteiger charge is 2.20. The number of rotatable bonds is 4. The first kappa shape index (κ1) is 13.1. The fourth-order valence-electron chi connectivity index (χ4n) is 2.73. The number of carbonyl (C=O) groups is 1. The van der Waals surface area contributed by atoms with Crippen molar-refractivity contribution in [2.45, 2.75) is 44.9 Å². The van der Waals surface area contributed by atoms with Gasteiger partial charge in [-0.2, -0.15) is 0 Å². The molecule has 2 nitrogen and oxygen atoms in total. The van der Waals surface area contributed by atoms with Crippen LogP contribution in [0.15, 0.2) is 24.3 Å². The van der Waals surface area contributed by atoms with Gasteiger partial charge in [-0.25, -0.2) is 0 Å². The highest BCUT2D eigenvalue weighted by molar-refractivity contribution is 5.83. The van der Waals surface area contributed by atoms with Crippen LogP contribution in [0.3, 0.4) is 0 Å². The van der Waals surface area contributed by atoms with E-state index in [1.807, 2.05) is 24.3 Å². The third kappa shape index (κ3) is 3.59. The Morgan fingerprint density at radius 3 is 2.61 bits per heavy atom. The maximum Gasteiger partial charge on any atom is 0.140 e. The number of ketones is 1. The second-order valence-corrected chi connectivity index (χ2v) is 5.18. The number of methoxy groups -OCH3 is 1. The SMILES string of the molecule is COc1cccc(CC(=O)C2CCCCCC2)c1. The van der Waals surface area contributed by atoms with Gasteiger partial charge in [0, 0.05) is 12.3 Å². The maximum atomic E-state index is 12.3. The topological polar surface area (TPSA) is 26.3 Å². The van der Waals surface area contributed by atoms with Crippen LogP contribution in [-0.2, 0) is 11.2 Å². The quantitative estimate of drug-likeness (QED) is 0.756. The molecule has 0 atom stereocenters. The second-order valence-electron chi connectivity index (χ2n) is 5.18. The molecule has 2 rings (SSSR count). The lowest BCUT2D eigenvalue weighted by Crippen LogP contribution is -2.16. The molecular formula is C16H22O2. The Morgan fingerprint density at radius 1 is 1.22 bits per heavy atom. The lowest BCUT2D eigenvalue weighted by molar-refractivity contribution is -0.122. The average Bonchev–Trinajstić information content (AvgIpc) is 2.68. The van der Waals surface area contributed by atoms with Gasteiger partial charge in [0.2, 0.25) is 0 Å². The number of hydrogen-bond donors (Lipinski definition) is 0. The van der Waals surface area contributed by atoms with Gasteiger partial charge in [0.1, 0.15) is 11.5 Å². The molecule has 0 spiro atoms. The van der Waals surface area contributed by atoms with Crippen molar-refractivity contribution in [2.24, 2.45) is 5.92 Å². The standard InChI is InChI=1S/C16H22O2/c1-18-15-10-6-7-13(11-15)12-16(17)14-8-4-2-3-5-9-14/h6-7,10-11,14H,2-5,8-9,12H2,1H3. The summed E-state index contributed by atoms with van der Waals surface area (Å²) in [6, 6.07) is 7.85. The Bertz CT molecular complexity index is 390. The number of ether oxygens (including phenoxy) is 1. The molecule has 0 aromatic heterocycles. The van der Waals surface area contributed by atoms with E-state index in [1.165, 1.54) is 25.7 Å². The summed E-state index contributed by atoms with van der Waals surface area (Å²) in [5, 5.41) is 0. The van der Waals surface area contributed by atoms with Crippen molar-refractivity contribution in [3.63, 3.8) is 0 Å². The van der Waals surface area contributed by atoms with Crippen LogP contribution in [0.25, 0.3) is 0 Å². The molecule has 1 aromatic carbocycles. The van der Waals surface area contributed by atoms with Gasteiger partial charge in [-0.15, -0.1) is 0 Å². The van der Waals surface area contributed by atoms with Gasteiger partial charge in [0.25, 0.3) is 0 Å². The van der Waals surface area contributed by atoms with Crippen LogP contribution in [0.5, 0.6) is 5.75 Å². The van der Waals surface area contributed by atoms with Gasteiger partial charge >= 0.3 is 0 Å². The van der Waals surface area contributed by atoms with E-state index < -0.39 is 0 Å². The minimum absolute atomic E-state index is 0.290. The van der Waals surface area contributed by atoms with Crippen molar-refractivity contribution < 1.29 is 9.53 Å². The third-order valence-electron chi connectivity index (χ3n) is 3.82. The Balaban J connectivity index is 1.96. The normalized spacial score (nSPS) is 17.2. The minimum Gasteiger partial charge on any atom is -0.497 e. The van der Waals surface area contributed by atoms with Crippen LogP contribution in [0.4, 0.5) is 0 Å². The molecule has 1 fully saturated rings. The Labute approximate surface area is 109 Å². The monoisotopic (exact) mass is 246 g/mol. The van der Waals surface area contributed by atoms with E-state index in [2.05, 4.69) is 0 Å². The Hall–Kier alpha value is -1.31. The van der Waals surface area contributed by atoms with Crippen LogP contribution in [0, 0.1) is 5.92 Å². The first-order chi connectivity index (χ1) is 8.79. The molecule has 0 saturated heterocycles. The van der Waals surface area contributed by atoms with Gasteiger partial charge in [0.05, 0.1) is 7.11 Å². The first-order valence-corrected chi connectivity index (χ1v) is 6.95. The summed E-state index contributed by atoms with van der Waals surface area (Å²) in [4.78, 5) is 12.3. The van der Waals surface area contributed by atoms with E-state index in [0.29, 0.717) is 18.1 Å². The number of hydrogen-bond acceptors (Lipinski definition) is 2. The van der Waals surface area contributed by atoms with Crippen molar-refractivity contribution in [1.29, 1.82) is 0 Å². The molecule has 0 radical (unpaired) electrons. The number of benzene rings is 1. The molecule has 1 aliphatic rings. The van der Waals surface area contributed by atoms with E-state index in [4.69, 9.17) is 4.74 Å². The van der Waals surface area contributed by atoms with Crippen LogP contribution in [-0.4, -0.2) is 12.9 Å². The van der Waals surface area contributed by atoms with E-state index in [9.17, 15) is 4.79 Å². The van der Waals surface area contributed by atoms with E-state index in [-0.39, 0.29) is 0 Å². The van der Waals surface area contributed by atoms with Crippen molar-refractivity contribution in [3.8, 4) is 5.75 Å². The summed E-state index contributed by atoms with van der Waals surface area (Å²) in [7, 11) is 1.66. The lowest BCUT2D eigenvalue weighted by atomic mass is 9.91. The summed E-state index contributed by atoms with van der Waals surface area (Å²) in [6.45, 7) is 0. The Kier molecular flexibility index (Phi) is 4.80. The first-order valence-electron chi connectivity index (χ1n) is 6.95. The van der Waals surface area contributed by atoms with Crippen molar-refractivity contribution >= 4 is 5.78 Å². The van der Waals surface area contributed by atoms with Gasteiger partial charge < -0.3 is 4.74 Å². The van der Waals surface area contributed by atoms with Crippen LogP contribution in [0.1, 0.15) is 44.1 Å². The third-order valence-corrected chi connectivity index (χ3v) is 3.82. The molecule has 0 unspecified atom stereocenters. The second kappa shape index (κ2) is 6.58. The van der Waals surface area contributed by atoms with Gasteiger partial charge in [-0.3, -0.25) is 4.79 Å². The van der Waals surface area contributed by atoms with Crippen molar-refractivity contribution in [2.75, 3.05) is 7.11 Å². The maximum absolute atomic E-state index is 12.3. The molecule has 0 N–H and O–H groups in total. The van der Waals surface area contributed by atoms with E-state index in [1.54, 1.807) is 7.11 Å². The molecule has 18 heavy (non-hydrogen) atoms. The molecule has 1 aliphatic carbocycles. The van der Waals surface area contributed by atoms with Gasteiger partial charge in [0.15, 0.2) is 0 Å². The number of carbonyl (C=O) groups excluding carboxylic acids is 1. The van der Waals surface area contributed by atoms with Crippen LogP contribution in [0.2, 0.25) is 0 Å². The number of Topliss-reactive ketones (excluding diaryl/α,β-unsaturated/α-hetero) is 1. The van der Waals surface area contributed by atoms with E-state index >= 15 is 0 Å². The minimum atomic E-state index is 0.290. The highest BCUT2D eigenvalue weighted by atomic mass is 16.5. The fraction of sp³-hybridized carbons (Fsp3) is 0.562. The predicted octanol–water partition coefficient (Wildman–Crippen LogP) is 3.78.